The van der Waals surface area contributed by atoms with Gasteiger partial charge >= 0.3 is 11.9 Å². The van der Waals surface area contributed by atoms with Crippen LogP contribution in [-0.4, -0.2) is 26.2 Å². The molecule has 2 rings (SSSR count). The second kappa shape index (κ2) is 8.83. The third-order valence-corrected chi connectivity index (χ3v) is 4.54. The number of rotatable bonds is 5. The summed E-state index contributed by atoms with van der Waals surface area (Å²) in [5.41, 5.74) is 2.24. The Kier molecular flexibility index (Phi) is 6.79. The fourth-order valence-electron chi connectivity index (χ4n) is 2.38. The number of carbonyl (C=O) groups is 2. The van der Waals surface area contributed by atoms with E-state index in [1.165, 1.54) is 14.2 Å². The summed E-state index contributed by atoms with van der Waals surface area (Å²) in [5.74, 6) is -0.906. The number of allylic oxidation sites excluding steroid dienone is 1. The topological polar surface area (TPSA) is 52.6 Å². The summed E-state index contributed by atoms with van der Waals surface area (Å²) in [6.07, 6.45) is 4.11. The van der Waals surface area contributed by atoms with Crippen LogP contribution in [0.3, 0.4) is 0 Å². The molecule has 2 aromatic carbocycles. The molecule has 0 heterocycles. The van der Waals surface area contributed by atoms with Gasteiger partial charge in [0.05, 0.1) is 30.4 Å². The summed E-state index contributed by atoms with van der Waals surface area (Å²) in [6, 6.07) is 10.6. The van der Waals surface area contributed by atoms with Crippen LogP contribution in [0.1, 0.15) is 31.8 Å². The van der Waals surface area contributed by atoms with E-state index in [1.807, 2.05) is 18.2 Å². The van der Waals surface area contributed by atoms with Gasteiger partial charge in [-0.3, -0.25) is 0 Å². The van der Waals surface area contributed by atoms with E-state index in [2.05, 4.69) is 15.9 Å². The van der Waals surface area contributed by atoms with Crippen molar-refractivity contribution in [1.82, 2.24) is 0 Å². The van der Waals surface area contributed by atoms with E-state index >= 15 is 0 Å². The molecule has 0 radical (unpaired) electrons. The molecular formula is C19H16BrClO4. The molecule has 0 bridgehead atoms. The number of halogens is 2. The van der Waals surface area contributed by atoms with Gasteiger partial charge in [0.25, 0.3) is 0 Å². The molecule has 0 spiro atoms. The van der Waals surface area contributed by atoms with Gasteiger partial charge < -0.3 is 9.47 Å². The van der Waals surface area contributed by atoms with Crippen molar-refractivity contribution in [1.29, 1.82) is 0 Å². The van der Waals surface area contributed by atoms with Crippen LogP contribution in [-0.2, 0) is 15.9 Å². The normalized spacial score (nSPS) is 10.7. The molecule has 0 aliphatic carbocycles. The molecule has 2 aromatic rings. The number of hydrogen-bond acceptors (Lipinski definition) is 4. The Bertz CT molecular complexity index is 830. The Morgan fingerprint density at radius 3 is 2.36 bits per heavy atom. The molecule has 0 aliphatic rings. The molecule has 6 heteroatoms. The third kappa shape index (κ3) is 4.50. The fourth-order valence-corrected chi connectivity index (χ4v) is 3.21. The van der Waals surface area contributed by atoms with Crippen LogP contribution in [0.4, 0.5) is 0 Å². The van der Waals surface area contributed by atoms with Gasteiger partial charge in [-0.25, -0.2) is 9.59 Å². The van der Waals surface area contributed by atoms with Gasteiger partial charge in [-0.1, -0.05) is 48.0 Å². The zero-order valence-electron chi connectivity index (χ0n) is 13.7. The average Bonchev–Trinajstić information content (AvgIpc) is 2.61. The van der Waals surface area contributed by atoms with Gasteiger partial charge in [0.15, 0.2) is 0 Å². The first-order chi connectivity index (χ1) is 12.0. The molecular weight excluding hydrogens is 408 g/mol. The molecule has 130 valence electrons. The summed E-state index contributed by atoms with van der Waals surface area (Å²) < 4.78 is 10.3. The monoisotopic (exact) mass is 422 g/mol. The highest BCUT2D eigenvalue weighted by molar-refractivity contribution is 9.10. The summed E-state index contributed by atoms with van der Waals surface area (Å²) in [5, 5.41) is 0.326. The van der Waals surface area contributed by atoms with Gasteiger partial charge in [-0.2, -0.15) is 0 Å². The summed E-state index contributed by atoms with van der Waals surface area (Å²) in [4.78, 5) is 23.9. The Balaban J connectivity index is 2.32. The lowest BCUT2D eigenvalue weighted by Crippen LogP contribution is -2.06. The fraction of sp³-hybridized carbons (Fsp3) is 0.158. The zero-order valence-corrected chi connectivity index (χ0v) is 16.1. The van der Waals surface area contributed by atoms with E-state index in [0.29, 0.717) is 32.6 Å². The van der Waals surface area contributed by atoms with Crippen LogP contribution in [0.15, 0.2) is 46.9 Å². The molecule has 0 saturated heterocycles. The molecule has 0 N–H and O–H groups in total. The number of carbonyl (C=O) groups excluding carboxylic acids is 2. The second-order valence-corrected chi connectivity index (χ2v) is 6.33. The van der Waals surface area contributed by atoms with Crippen LogP contribution >= 0.6 is 27.5 Å². The van der Waals surface area contributed by atoms with E-state index in [9.17, 15) is 9.59 Å². The summed E-state index contributed by atoms with van der Waals surface area (Å²) in [6.45, 7) is 0. The Morgan fingerprint density at radius 1 is 1.04 bits per heavy atom. The minimum Gasteiger partial charge on any atom is -0.465 e. The Morgan fingerprint density at radius 2 is 1.68 bits per heavy atom. The first-order valence-corrected chi connectivity index (χ1v) is 8.55. The minimum atomic E-state index is -0.497. The average molecular weight is 424 g/mol. The molecule has 4 nitrogen and oxygen atoms in total. The molecule has 0 amide bonds. The number of methoxy groups -OCH3 is 2. The van der Waals surface area contributed by atoms with Gasteiger partial charge in [-0.05, 0) is 45.6 Å². The molecule has 0 unspecified atom stereocenters. The Labute approximate surface area is 159 Å². The van der Waals surface area contributed by atoms with E-state index in [4.69, 9.17) is 21.1 Å². The SMILES string of the molecule is COC(=O)c1c(Cl)cccc1/C=C/Cc1cccc(Br)c1C(=O)OC. The van der Waals surface area contributed by atoms with Crippen LogP contribution in [0, 0.1) is 0 Å². The first-order valence-electron chi connectivity index (χ1n) is 7.38. The number of benzene rings is 2. The number of ether oxygens (including phenoxy) is 2. The van der Waals surface area contributed by atoms with Crippen molar-refractivity contribution in [2.75, 3.05) is 14.2 Å². The lowest BCUT2D eigenvalue weighted by Gasteiger charge is -2.08. The maximum Gasteiger partial charge on any atom is 0.339 e. The molecule has 0 aromatic heterocycles. The number of hydrogen-bond donors (Lipinski definition) is 0. The van der Waals surface area contributed by atoms with Crippen molar-refractivity contribution in [2.45, 2.75) is 6.42 Å². The van der Waals surface area contributed by atoms with E-state index < -0.39 is 11.9 Å². The third-order valence-electron chi connectivity index (χ3n) is 3.56. The van der Waals surface area contributed by atoms with Crippen LogP contribution < -0.4 is 0 Å². The maximum absolute atomic E-state index is 12.0. The smallest absolute Gasteiger partial charge is 0.339 e. The van der Waals surface area contributed by atoms with Gasteiger partial charge in [0.2, 0.25) is 0 Å². The van der Waals surface area contributed by atoms with Crippen molar-refractivity contribution in [3.05, 3.63) is 74.2 Å². The Hall–Kier alpha value is -2.11. The molecule has 0 fully saturated rings. The van der Waals surface area contributed by atoms with E-state index in [1.54, 1.807) is 30.3 Å². The van der Waals surface area contributed by atoms with Crippen molar-refractivity contribution in [3.63, 3.8) is 0 Å². The quantitative estimate of drug-likeness (QED) is 0.640. The van der Waals surface area contributed by atoms with Gasteiger partial charge in [0, 0.05) is 4.47 Å². The van der Waals surface area contributed by atoms with Crippen molar-refractivity contribution < 1.29 is 19.1 Å². The molecule has 25 heavy (non-hydrogen) atoms. The molecule has 0 saturated carbocycles. The highest BCUT2D eigenvalue weighted by Crippen LogP contribution is 2.24. The molecule has 0 atom stereocenters. The predicted molar refractivity (Wildman–Crippen MR) is 101 cm³/mol. The van der Waals surface area contributed by atoms with Crippen molar-refractivity contribution in [3.8, 4) is 0 Å². The highest BCUT2D eigenvalue weighted by Gasteiger charge is 2.16. The molecule has 0 aliphatic heterocycles. The van der Waals surface area contributed by atoms with Gasteiger partial charge in [-0.15, -0.1) is 0 Å². The van der Waals surface area contributed by atoms with Crippen LogP contribution in [0.5, 0.6) is 0 Å². The van der Waals surface area contributed by atoms with Crippen LogP contribution in [0.2, 0.25) is 5.02 Å². The van der Waals surface area contributed by atoms with E-state index in [-0.39, 0.29) is 0 Å². The standard InChI is InChI=1S/C19H16BrClO4/c1-24-18(22)16-12(8-4-10-14(16)20)6-3-7-13-9-5-11-15(21)17(13)19(23)25-2/h3-5,7-11H,6H2,1-2H3/b7-3+. The van der Waals surface area contributed by atoms with Crippen molar-refractivity contribution in [2.24, 2.45) is 0 Å². The first kappa shape index (κ1) is 19.2. The van der Waals surface area contributed by atoms with Crippen molar-refractivity contribution >= 4 is 45.5 Å². The second-order valence-electron chi connectivity index (χ2n) is 5.07. The zero-order chi connectivity index (χ0) is 18.4. The van der Waals surface area contributed by atoms with E-state index in [0.717, 1.165) is 5.56 Å². The summed E-state index contributed by atoms with van der Waals surface area (Å²) in [7, 11) is 2.65. The maximum atomic E-state index is 12.0. The highest BCUT2D eigenvalue weighted by atomic mass is 79.9. The lowest BCUT2D eigenvalue weighted by atomic mass is 10.0. The minimum absolute atomic E-state index is 0.311. The predicted octanol–water partition coefficient (Wildman–Crippen LogP) is 4.93. The largest absolute Gasteiger partial charge is 0.465 e. The van der Waals surface area contributed by atoms with Gasteiger partial charge in [0.1, 0.15) is 0 Å². The summed E-state index contributed by atoms with van der Waals surface area (Å²) >= 11 is 9.47. The lowest BCUT2D eigenvalue weighted by molar-refractivity contribution is 0.0590. The van der Waals surface area contributed by atoms with Crippen LogP contribution in [0.25, 0.3) is 6.08 Å². The number of esters is 2.